The SMILES string of the molecule is CC1CCN(c2ccc(S(=O)(=O)N3CCC(C)CC3)cc2NS(=O)(=O)c2cccc(Cl)c2)CC1. The minimum atomic E-state index is -3.97. The Labute approximate surface area is 208 Å². The number of anilines is 2. The lowest BCUT2D eigenvalue weighted by molar-refractivity contribution is 0.288. The molecule has 2 heterocycles. The number of nitrogens with one attached hydrogen (secondary N) is 1. The minimum absolute atomic E-state index is 0.0245. The van der Waals surface area contributed by atoms with Crippen molar-refractivity contribution in [2.24, 2.45) is 11.8 Å². The number of hydrogen-bond acceptors (Lipinski definition) is 5. The molecule has 7 nitrogen and oxygen atoms in total. The summed E-state index contributed by atoms with van der Waals surface area (Å²) in [5.41, 5.74) is 0.949. The van der Waals surface area contributed by atoms with Crippen LogP contribution in [0.3, 0.4) is 0 Å². The summed E-state index contributed by atoms with van der Waals surface area (Å²) in [6.07, 6.45) is 3.62. The van der Waals surface area contributed by atoms with Gasteiger partial charge in [-0.25, -0.2) is 16.8 Å². The van der Waals surface area contributed by atoms with Crippen LogP contribution in [0.5, 0.6) is 0 Å². The van der Waals surface area contributed by atoms with Crippen LogP contribution in [-0.4, -0.2) is 47.3 Å². The Morgan fingerprint density at radius 2 is 1.44 bits per heavy atom. The first-order valence-electron chi connectivity index (χ1n) is 11.7. The maximum atomic E-state index is 13.4. The van der Waals surface area contributed by atoms with Gasteiger partial charge in [-0.1, -0.05) is 31.5 Å². The highest BCUT2D eigenvalue weighted by molar-refractivity contribution is 7.92. The van der Waals surface area contributed by atoms with Crippen molar-refractivity contribution in [2.45, 2.75) is 49.3 Å². The third-order valence-electron chi connectivity index (χ3n) is 6.82. The summed E-state index contributed by atoms with van der Waals surface area (Å²) < 4.78 is 57.3. The molecule has 1 N–H and O–H groups in total. The second-order valence-corrected chi connectivity index (χ2v) is 13.6. The number of benzene rings is 2. The van der Waals surface area contributed by atoms with Gasteiger partial charge in [-0.2, -0.15) is 4.31 Å². The summed E-state index contributed by atoms with van der Waals surface area (Å²) in [5.74, 6) is 1.10. The third kappa shape index (κ3) is 5.53. The van der Waals surface area contributed by atoms with Crippen molar-refractivity contribution < 1.29 is 16.8 Å². The quantitative estimate of drug-likeness (QED) is 0.585. The van der Waals surface area contributed by atoms with Gasteiger partial charge in [0.05, 0.1) is 21.2 Å². The monoisotopic (exact) mass is 525 g/mol. The van der Waals surface area contributed by atoms with E-state index in [4.69, 9.17) is 11.6 Å². The third-order valence-corrected chi connectivity index (χ3v) is 10.3. The Kier molecular flexibility index (Phi) is 7.47. The first-order chi connectivity index (χ1) is 16.1. The van der Waals surface area contributed by atoms with Crippen molar-refractivity contribution in [3.05, 3.63) is 47.5 Å². The molecule has 0 unspecified atom stereocenters. The standard InChI is InChI=1S/C24H32ClN3O4S2/c1-18-8-12-27(13-9-18)24-7-6-22(34(31,32)28-14-10-19(2)11-15-28)17-23(24)26-33(29,30)21-5-3-4-20(25)16-21/h3-7,16-19,26H,8-15H2,1-2H3. The predicted octanol–water partition coefficient (Wildman–Crippen LogP) is 4.80. The fourth-order valence-electron chi connectivity index (χ4n) is 4.49. The van der Waals surface area contributed by atoms with Crippen LogP contribution in [-0.2, 0) is 20.0 Å². The van der Waals surface area contributed by atoms with Gasteiger partial charge in [0.25, 0.3) is 10.0 Å². The molecule has 0 aliphatic carbocycles. The Balaban J connectivity index is 1.72. The van der Waals surface area contributed by atoms with Crippen LogP contribution < -0.4 is 9.62 Å². The first kappa shape index (κ1) is 25.3. The van der Waals surface area contributed by atoms with Crippen molar-refractivity contribution in [3.8, 4) is 0 Å². The van der Waals surface area contributed by atoms with Crippen LogP contribution in [0.15, 0.2) is 52.3 Å². The van der Waals surface area contributed by atoms with Crippen molar-refractivity contribution in [2.75, 3.05) is 35.8 Å². The highest BCUT2D eigenvalue weighted by Gasteiger charge is 2.30. The molecule has 10 heteroatoms. The summed E-state index contributed by atoms with van der Waals surface area (Å²) in [4.78, 5) is 2.24. The topological polar surface area (TPSA) is 86.8 Å². The van der Waals surface area contributed by atoms with Gasteiger partial charge in [0.15, 0.2) is 0 Å². The molecule has 0 atom stereocenters. The number of sulfonamides is 2. The number of halogens is 1. The van der Waals surface area contributed by atoms with Crippen LogP contribution in [0.1, 0.15) is 39.5 Å². The summed E-state index contributed by atoms with van der Waals surface area (Å²) in [6, 6.07) is 10.8. The lowest BCUT2D eigenvalue weighted by atomic mass is 9.98. The average molecular weight is 526 g/mol. The minimum Gasteiger partial charge on any atom is -0.370 e. The van der Waals surface area contributed by atoms with E-state index in [2.05, 4.69) is 23.5 Å². The molecule has 4 rings (SSSR count). The molecule has 2 aliphatic rings. The molecule has 2 aromatic carbocycles. The molecule has 0 spiro atoms. The molecule has 2 aliphatic heterocycles. The first-order valence-corrected chi connectivity index (χ1v) is 15.0. The zero-order valence-electron chi connectivity index (χ0n) is 19.6. The largest absolute Gasteiger partial charge is 0.370 e. The van der Waals surface area contributed by atoms with Crippen molar-refractivity contribution in [3.63, 3.8) is 0 Å². The molecule has 0 saturated carbocycles. The van der Waals surface area contributed by atoms with Gasteiger partial charge in [-0.3, -0.25) is 4.72 Å². The van der Waals surface area contributed by atoms with Crippen molar-refractivity contribution in [1.82, 2.24) is 4.31 Å². The van der Waals surface area contributed by atoms with Crippen LogP contribution in [0.4, 0.5) is 11.4 Å². The maximum absolute atomic E-state index is 13.4. The molecule has 2 saturated heterocycles. The van der Waals surface area contributed by atoms with E-state index in [1.165, 1.54) is 22.5 Å². The molecule has 2 aromatic rings. The van der Waals surface area contributed by atoms with E-state index in [0.29, 0.717) is 35.6 Å². The number of rotatable bonds is 6. The van der Waals surface area contributed by atoms with Gasteiger partial charge in [-0.15, -0.1) is 0 Å². The molecule has 0 aromatic heterocycles. The lowest BCUT2D eigenvalue weighted by Crippen LogP contribution is -2.38. The van der Waals surface area contributed by atoms with Gasteiger partial charge in [-0.05, 0) is 73.9 Å². The van der Waals surface area contributed by atoms with Gasteiger partial charge < -0.3 is 4.90 Å². The zero-order chi connectivity index (χ0) is 24.5. The molecule has 0 amide bonds. The second kappa shape index (κ2) is 10.0. The van der Waals surface area contributed by atoms with Crippen molar-refractivity contribution in [1.29, 1.82) is 0 Å². The summed E-state index contributed by atoms with van der Waals surface area (Å²) in [6.45, 7) is 6.83. The average Bonchev–Trinajstić information content (AvgIpc) is 2.80. The Hall–Kier alpha value is -1.81. The van der Waals surface area contributed by atoms with Crippen LogP contribution in [0.25, 0.3) is 0 Å². The number of nitrogens with zero attached hydrogens (tertiary/aromatic N) is 2. The van der Waals surface area contributed by atoms with E-state index >= 15 is 0 Å². The lowest BCUT2D eigenvalue weighted by Gasteiger charge is -2.34. The fourth-order valence-corrected chi connectivity index (χ4v) is 7.36. The van der Waals surface area contributed by atoms with Crippen molar-refractivity contribution >= 4 is 43.0 Å². The molecular weight excluding hydrogens is 494 g/mol. The highest BCUT2D eigenvalue weighted by atomic mass is 35.5. The van der Waals surface area contributed by atoms with E-state index in [1.807, 2.05) is 0 Å². The molecule has 0 radical (unpaired) electrons. The van der Waals surface area contributed by atoms with Crippen LogP contribution in [0.2, 0.25) is 5.02 Å². The Morgan fingerprint density at radius 1 is 0.824 bits per heavy atom. The molecule has 2 fully saturated rings. The van der Waals surface area contributed by atoms with E-state index < -0.39 is 20.0 Å². The zero-order valence-corrected chi connectivity index (χ0v) is 22.0. The summed E-state index contributed by atoms with van der Waals surface area (Å²) in [5, 5.41) is 0.309. The maximum Gasteiger partial charge on any atom is 0.262 e. The molecule has 0 bridgehead atoms. The molecule has 34 heavy (non-hydrogen) atoms. The van der Waals surface area contributed by atoms with E-state index in [-0.39, 0.29) is 15.5 Å². The smallest absolute Gasteiger partial charge is 0.262 e. The van der Waals surface area contributed by atoms with E-state index in [1.54, 1.807) is 24.3 Å². The van der Waals surface area contributed by atoms with Gasteiger partial charge in [0.2, 0.25) is 10.0 Å². The summed E-state index contributed by atoms with van der Waals surface area (Å²) in [7, 11) is -7.70. The Bertz CT molecular complexity index is 1230. The predicted molar refractivity (Wildman–Crippen MR) is 136 cm³/mol. The van der Waals surface area contributed by atoms with Gasteiger partial charge in [0.1, 0.15) is 0 Å². The normalized spacial score (nSPS) is 19.3. The van der Waals surface area contributed by atoms with Crippen LogP contribution >= 0.6 is 11.6 Å². The molecule has 186 valence electrons. The fraction of sp³-hybridized carbons (Fsp3) is 0.500. The van der Waals surface area contributed by atoms with Crippen LogP contribution in [0, 0.1) is 11.8 Å². The van der Waals surface area contributed by atoms with Gasteiger partial charge >= 0.3 is 0 Å². The summed E-state index contributed by atoms with van der Waals surface area (Å²) >= 11 is 6.02. The second-order valence-electron chi connectivity index (χ2n) is 9.50. The number of piperidine rings is 2. The van der Waals surface area contributed by atoms with Gasteiger partial charge in [0, 0.05) is 31.2 Å². The Morgan fingerprint density at radius 3 is 2.06 bits per heavy atom. The molecular formula is C24H32ClN3O4S2. The number of hydrogen-bond donors (Lipinski definition) is 1. The van der Waals surface area contributed by atoms with E-state index in [9.17, 15) is 16.8 Å². The highest BCUT2D eigenvalue weighted by Crippen LogP contribution is 2.35. The van der Waals surface area contributed by atoms with E-state index in [0.717, 1.165) is 38.8 Å².